The van der Waals surface area contributed by atoms with Crippen molar-refractivity contribution >= 4 is 11.6 Å². The van der Waals surface area contributed by atoms with Gasteiger partial charge in [0.05, 0.1) is 13.7 Å². The molecule has 0 aliphatic heterocycles. The fraction of sp³-hybridized carbons (Fsp3) is 0.647. The van der Waals surface area contributed by atoms with Crippen molar-refractivity contribution in [3.05, 3.63) is 22.7 Å². The highest BCUT2D eigenvalue weighted by molar-refractivity contribution is 6.31. The molecular weight excluding hydrogens is 286 g/mol. The summed E-state index contributed by atoms with van der Waals surface area (Å²) in [6, 6.07) is 3.86. The van der Waals surface area contributed by atoms with E-state index in [0.29, 0.717) is 10.9 Å². The third kappa shape index (κ3) is 3.29. The van der Waals surface area contributed by atoms with Crippen LogP contribution in [0.25, 0.3) is 0 Å². The Hall–Kier alpha value is -0.930. The van der Waals surface area contributed by atoms with E-state index in [9.17, 15) is 0 Å². The van der Waals surface area contributed by atoms with Gasteiger partial charge in [-0.15, -0.1) is 0 Å². The summed E-state index contributed by atoms with van der Waals surface area (Å²) in [5, 5.41) is 0.700. The van der Waals surface area contributed by atoms with E-state index in [-0.39, 0.29) is 5.54 Å². The lowest BCUT2D eigenvalue weighted by Gasteiger charge is -2.35. The summed E-state index contributed by atoms with van der Waals surface area (Å²) in [5.41, 5.74) is 7.28. The van der Waals surface area contributed by atoms with Crippen molar-refractivity contribution < 1.29 is 9.47 Å². The minimum atomic E-state index is -0.322. The largest absolute Gasteiger partial charge is 0.493 e. The lowest BCUT2D eigenvalue weighted by Crippen LogP contribution is -2.38. The number of halogens is 1. The van der Waals surface area contributed by atoms with E-state index in [1.54, 1.807) is 7.11 Å². The molecule has 0 aromatic heterocycles. The topological polar surface area (TPSA) is 44.5 Å². The molecule has 116 valence electrons. The molecule has 0 atom stereocenters. The van der Waals surface area contributed by atoms with Crippen LogP contribution in [-0.4, -0.2) is 13.7 Å². The van der Waals surface area contributed by atoms with Gasteiger partial charge in [0.15, 0.2) is 11.5 Å². The van der Waals surface area contributed by atoms with Crippen molar-refractivity contribution in [1.29, 1.82) is 0 Å². The number of methoxy groups -OCH3 is 1. The van der Waals surface area contributed by atoms with Gasteiger partial charge in [-0.3, -0.25) is 0 Å². The summed E-state index contributed by atoms with van der Waals surface area (Å²) in [7, 11) is 1.67. The van der Waals surface area contributed by atoms with Crippen molar-refractivity contribution in [3.63, 3.8) is 0 Å². The molecule has 0 radical (unpaired) electrons. The Kier molecular flexibility index (Phi) is 4.32. The van der Waals surface area contributed by atoms with Crippen LogP contribution < -0.4 is 15.2 Å². The van der Waals surface area contributed by atoms with Crippen molar-refractivity contribution in [2.75, 3.05) is 13.7 Å². The number of hydrogen-bond donors (Lipinski definition) is 1. The Balaban J connectivity index is 1.86. The van der Waals surface area contributed by atoms with E-state index >= 15 is 0 Å². The highest BCUT2D eigenvalue weighted by Crippen LogP contribution is 2.43. The second-order valence-electron chi connectivity index (χ2n) is 6.45. The Labute approximate surface area is 131 Å². The van der Waals surface area contributed by atoms with E-state index in [4.69, 9.17) is 26.8 Å². The quantitative estimate of drug-likeness (QED) is 0.884. The van der Waals surface area contributed by atoms with Crippen LogP contribution in [-0.2, 0) is 5.54 Å². The molecule has 1 aromatic rings. The standard InChI is InChI=1S/C17H24ClNO2/c1-20-15-9-13(17(19)7-3-2-4-8-17)14(18)10-16(15)21-11-12-5-6-12/h9-10,12H,2-8,11,19H2,1H3. The molecule has 0 spiro atoms. The second kappa shape index (κ2) is 6.05. The van der Waals surface area contributed by atoms with E-state index in [1.165, 1.54) is 19.3 Å². The van der Waals surface area contributed by atoms with Gasteiger partial charge in [0.2, 0.25) is 0 Å². The van der Waals surface area contributed by atoms with Crippen LogP contribution in [0, 0.1) is 5.92 Å². The van der Waals surface area contributed by atoms with E-state index < -0.39 is 0 Å². The van der Waals surface area contributed by atoms with Gasteiger partial charge in [-0.05, 0) is 43.2 Å². The lowest BCUT2D eigenvalue weighted by atomic mass is 9.77. The van der Waals surface area contributed by atoms with Crippen LogP contribution in [0.1, 0.15) is 50.5 Å². The third-order valence-electron chi connectivity index (χ3n) is 4.71. The Morgan fingerprint density at radius 3 is 2.52 bits per heavy atom. The smallest absolute Gasteiger partial charge is 0.162 e. The van der Waals surface area contributed by atoms with Gasteiger partial charge in [0.1, 0.15) is 0 Å². The fourth-order valence-electron chi connectivity index (χ4n) is 3.13. The molecule has 0 saturated heterocycles. The number of ether oxygens (including phenoxy) is 2. The van der Waals surface area contributed by atoms with Crippen molar-refractivity contribution in [2.24, 2.45) is 11.7 Å². The molecule has 2 fully saturated rings. The minimum Gasteiger partial charge on any atom is -0.493 e. The molecule has 2 aliphatic carbocycles. The summed E-state index contributed by atoms with van der Waals surface area (Å²) < 4.78 is 11.3. The van der Waals surface area contributed by atoms with Crippen LogP contribution >= 0.6 is 11.6 Å². The molecule has 1 aromatic carbocycles. The number of hydrogen-bond acceptors (Lipinski definition) is 3. The normalized spacial score (nSPS) is 21.1. The van der Waals surface area contributed by atoms with E-state index in [2.05, 4.69) is 0 Å². The summed E-state index contributed by atoms with van der Waals surface area (Å²) in [5.74, 6) is 2.18. The predicted octanol–water partition coefficient (Wildman–Crippen LogP) is 4.26. The first kappa shape index (κ1) is 15.0. The molecule has 3 rings (SSSR count). The molecule has 0 heterocycles. The van der Waals surface area contributed by atoms with Crippen LogP contribution in [0.4, 0.5) is 0 Å². The Morgan fingerprint density at radius 2 is 1.90 bits per heavy atom. The summed E-state index contributed by atoms with van der Waals surface area (Å²) in [4.78, 5) is 0. The summed E-state index contributed by atoms with van der Waals surface area (Å²) in [6.45, 7) is 0.750. The zero-order chi connectivity index (χ0) is 14.9. The summed E-state index contributed by atoms with van der Waals surface area (Å²) in [6.07, 6.45) is 8.08. The average Bonchev–Trinajstić information content (AvgIpc) is 3.30. The van der Waals surface area contributed by atoms with E-state index in [1.807, 2.05) is 12.1 Å². The molecule has 2 aliphatic rings. The molecule has 0 amide bonds. The van der Waals surface area contributed by atoms with Gasteiger partial charge in [-0.25, -0.2) is 0 Å². The van der Waals surface area contributed by atoms with E-state index in [0.717, 1.165) is 49.4 Å². The Morgan fingerprint density at radius 1 is 1.19 bits per heavy atom. The zero-order valence-electron chi connectivity index (χ0n) is 12.7. The monoisotopic (exact) mass is 309 g/mol. The Bertz CT molecular complexity index is 508. The zero-order valence-corrected chi connectivity index (χ0v) is 13.4. The third-order valence-corrected chi connectivity index (χ3v) is 5.02. The van der Waals surface area contributed by atoms with Gasteiger partial charge in [0, 0.05) is 16.6 Å². The molecule has 2 saturated carbocycles. The van der Waals surface area contributed by atoms with Gasteiger partial charge < -0.3 is 15.2 Å². The number of rotatable bonds is 5. The molecule has 2 N–H and O–H groups in total. The highest BCUT2D eigenvalue weighted by Gasteiger charge is 2.32. The first-order valence-corrected chi connectivity index (χ1v) is 8.30. The number of nitrogens with two attached hydrogens (primary N) is 1. The fourth-order valence-corrected chi connectivity index (χ4v) is 3.48. The molecular formula is C17H24ClNO2. The van der Waals surface area contributed by atoms with Crippen LogP contribution in [0.3, 0.4) is 0 Å². The van der Waals surface area contributed by atoms with Gasteiger partial charge in [-0.2, -0.15) is 0 Å². The molecule has 0 bridgehead atoms. The van der Waals surface area contributed by atoms with Gasteiger partial charge >= 0.3 is 0 Å². The van der Waals surface area contributed by atoms with Crippen molar-refractivity contribution in [3.8, 4) is 11.5 Å². The number of benzene rings is 1. The second-order valence-corrected chi connectivity index (χ2v) is 6.86. The molecule has 3 nitrogen and oxygen atoms in total. The maximum absolute atomic E-state index is 6.61. The molecule has 21 heavy (non-hydrogen) atoms. The van der Waals surface area contributed by atoms with Gasteiger partial charge in [-0.1, -0.05) is 30.9 Å². The van der Waals surface area contributed by atoms with Crippen LogP contribution in [0.2, 0.25) is 5.02 Å². The maximum atomic E-state index is 6.61. The first-order valence-electron chi connectivity index (χ1n) is 7.92. The van der Waals surface area contributed by atoms with Crippen LogP contribution in [0.5, 0.6) is 11.5 Å². The maximum Gasteiger partial charge on any atom is 0.162 e. The summed E-state index contributed by atoms with van der Waals surface area (Å²) >= 11 is 6.50. The molecule has 4 heteroatoms. The predicted molar refractivity (Wildman–Crippen MR) is 85.2 cm³/mol. The van der Waals surface area contributed by atoms with Crippen molar-refractivity contribution in [2.45, 2.75) is 50.5 Å². The lowest BCUT2D eigenvalue weighted by molar-refractivity contribution is 0.276. The first-order chi connectivity index (χ1) is 10.1. The molecule has 0 unspecified atom stereocenters. The minimum absolute atomic E-state index is 0.322. The highest BCUT2D eigenvalue weighted by atomic mass is 35.5. The van der Waals surface area contributed by atoms with Gasteiger partial charge in [0.25, 0.3) is 0 Å². The van der Waals surface area contributed by atoms with Crippen molar-refractivity contribution in [1.82, 2.24) is 0 Å². The van der Waals surface area contributed by atoms with Crippen LogP contribution in [0.15, 0.2) is 12.1 Å². The SMILES string of the molecule is COc1cc(C2(N)CCCCC2)c(Cl)cc1OCC1CC1. The average molecular weight is 310 g/mol.